The number of aromatic nitrogens is 4. The van der Waals surface area contributed by atoms with Gasteiger partial charge in [0.15, 0.2) is 27.8 Å². The summed E-state index contributed by atoms with van der Waals surface area (Å²) in [6.07, 6.45) is 5.77. The number of hydrogen-bond acceptors (Lipinski definition) is 8. The number of rotatable bonds is 8. The molecule has 0 atom stereocenters. The fraction of sp³-hybridized carbons (Fsp3) is 0.240. The Bertz CT molecular complexity index is 1420. The number of carbonyl (C=O) groups is 1. The summed E-state index contributed by atoms with van der Waals surface area (Å²) in [6.45, 7) is 0.912. The third-order valence-electron chi connectivity index (χ3n) is 5.72. The number of methoxy groups -OCH3 is 2. The number of fused-ring (bicyclic) bond motifs is 1. The van der Waals surface area contributed by atoms with Gasteiger partial charge in [-0.15, -0.1) is 0 Å². The molecular formula is C25H24N6O4S. The Morgan fingerprint density at radius 1 is 1.06 bits per heavy atom. The smallest absolute Gasteiger partial charge is 0.257 e. The van der Waals surface area contributed by atoms with E-state index in [1.54, 1.807) is 48.8 Å². The molecule has 4 aromatic rings. The number of hydrogen-bond donors (Lipinski definition) is 2. The van der Waals surface area contributed by atoms with Crippen LogP contribution < -0.4 is 24.8 Å². The van der Waals surface area contributed by atoms with Crippen LogP contribution in [-0.2, 0) is 6.54 Å². The summed E-state index contributed by atoms with van der Waals surface area (Å²) in [6, 6.07) is 12.0. The van der Waals surface area contributed by atoms with E-state index in [4.69, 9.17) is 26.4 Å². The zero-order valence-corrected chi connectivity index (χ0v) is 20.5. The van der Waals surface area contributed by atoms with Crippen LogP contribution in [0.1, 0.15) is 23.2 Å². The molecule has 1 aliphatic rings. The highest BCUT2D eigenvalue weighted by molar-refractivity contribution is 7.80. The van der Waals surface area contributed by atoms with Crippen LogP contribution in [0.4, 0.5) is 5.69 Å². The van der Waals surface area contributed by atoms with Crippen molar-refractivity contribution in [2.75, 3.05) is 19.5 Å². The summed E-state index contributed by atoms with van der Waals surface area (Å²) in [7, 11) is 3.04. The van der Waals surface area contributed by atoms with E-state index in [9.17, 15) is 4.79 Å². The lowest BCUT2D eigenvalue weighted by atomic mass is 10.2. The van der Waals surface area contributed by atoms with Gasteiger partial charge in [0.2, 0.25) is 0 Å². The quantitative estimate of drug-likeness (QED) is 0.341. The monoisotopic (exact) mass is 504 g/mol. The molecule has 2 aromatic carbocycles. The third kappa shape index (κ3) is 5.20. The van der Waals surface area contributed by atoms with E-state index in [1.165, 1.54) is 33.4 Å². The topological polar surface area (TPSA) is 112 Å². The molecule has 0 saturated heterocycles. The molecule has 0 radical (unpaired) electrons. The van der Waals surface area contributed by atoms with E-state index >= 15 is 0 Å². The first-order valence-corrected chi connectivity index (χ1v) is 11.7. The second-order valence-electron chi connectivity index (χ2n) is 8.30. The van der Waals surface area contributed by atoms with Crippen LogP contribution in [0.5, 0.6) is 23.1 Å². The Morgan fingerprint density at radius 2 is 1.83 bits per heavy atom. The minimum absolute atomic E-state index is 0.155. The summed E-state index contributed by atoms with van der Waals surface area (Å²) < 4.78 is 18.5. The Morgan fingerprint density at radius 3 is 2.56 bits per heavy atom. The van der Waals surface area contributed by atoms with E-state index in [1.807, 2.05) is 4.57 Å². The van der Waals surface area contributed by atoms with E-state index in [-0.39, 0.29) is 11.0 Å². The fourth-order valence-electron chi connectivity index (χ4n) is 3.68. The summed E-state index contributed by atoms with van der Waals surface area (Å²) in [5.74, 6) is 2.30. The van der Waals surface area contributed by atoms with Crippen molar-refractivity contribution in [1.29, 1.82) is 0 Å². The predicted molar refractivity (Wildman–Crippen MR) is 138 cm³/mol. The van der Waals surface area contributed by atoms with Crippen molar-refractivity contribution in [1.82, 2.24) is 24.8 Å². The van der Waals surface area contributed by atoms with Crippen molar-refractivity contribution in [2.45, 2.75) is 19.4 Å². The summed E-state index contributed by atoms with van der Waals surface area (Å²) in [5.41, 5.74) is 2.46. The largest absolute Gasteiger partial charge is 0.493 e. The summed E-state index contributed by atoms with van der Waals surface area (Å²) in [5, 5.41) is 5.80. The molecule has 2 heterocycles. The van der Waals surface area contributed by atoms with Gasteiger partial charge in [-0.3, -0.25) is 10.1 Å². The molecule has 5 rings (SSSR count). The van der Waals surface area contributed by atoms with E-state index in [0.29, 0.717) is 45.8 Å². The Labute approximate surface area is 212 Å². The first kappa shape index (κ1) is 23.5. The van der Waals surface area contributed by atoms with Gasteiger partial charge in [-0.05, 0) is 73.4 Å². The normalized spacial score (nSPS) is 12.7. The Hall–Kier alpha value is -4.25. The zero-order chi connectivity index (χ0) is 25.1. The molecule has 11 heteroatoms. The van der Waals surface area contributed by atoms with Gasteiger partial charge in [0, 0.05) is 17.8 Å². The molecule has 0 unspecified atom stereocenters. The van der Waals surface area contributed by atoms with Crippen LogP contribution in [0.2, 0.25) is 0 Å². The Kier molecular flexibility index (Phi) is 6.63. The number of thiocarbonyl (C=S) groups is 1. The molecule has 1 saturated carbocycles. The van der Waals surface area contributed by atoms with Crippen LogP contribution in [0.25, 0.3) is 11.2 Å². The summed E-state index contributed by atoms with van der Waals surface area (Å²) in [4.78, 5) is 25.6. The maximum atomic E-state index is 12.6. The molecule has 0 spiro atoms. The lowest BCUT2D eigenvalue weighted by Crippen LogP contribution is -2.34. The highest BCUT2D eigenvalue weighted by atomic mass is 32.1. The van der Waals surface area contributed by atoms with Crippen molar-refractivity contribution < 1.29 is 19.0 Å². The first-order valence-electron chi connectivity index (χ1n) is 11.3. The van der Waals surface area contributed by atoms with Crippen molar-refractivity contribution in [3.05, 3.63) is 60.7 Å². The van der Waals surface area contributed by atoms with Gasteiger partial charge in [-0.1, -0.05) is 0 Å². The van der Waals surface area contributed by atoms with Gasteiger partial charge < -0.3 is 24.1 Å². The maximum Gasteiger partial charge on any atom is 0.257 e. The van der Waals surface area contributed by atoms with Gasteiger partial charge in [0.25, 0.3) is 11.8 Å². The van der Waals surface area contributed by atoms with Crippen LogP contribution in [0, 0.1) is 5.92 Å². The molecule has 0 aliphatic heterocycles. The molecule has 184 valence electrons. The molecular weight excluding hydrogens is 480 g/mol. The lowest BCUT2D eigenvalue weighted by Gasteiger charge is -2.12. The number of benzene rings is 2. The molecule has 36 heavy (non-hydrogen) atoms. The summed E-state index contributed by atoms with van der Waals surface area (Å²) >= 11 is 5.29. The maximum absolute atomic E-state index is 12.6. The van der Waals surface area contributed by atoms with Crippen LogP contribution in [0.3, 0.4) is 0 Å². The van der Waals surface area contributed by atoms with Gasteiger partial charge in [0.05, 0.1) is 20.5 Å². The van der Waals surface area contributed by atoms with Gasteiger partial charge in [-0.2, -0.15) is 4.98 Å². The molecule has 2 aromatic heterocycles. The number of ether oxygens (including phenoxy) is 3. The first-order chi connectivity index (χ1) is 17.5. The molecule has 1 aliphatic carbocycles. The second kappa shape index (κ2) is 10.2. The molecule has 1 fully saturated rings. The highest BCUT2D eigenvalue weighted by Crippen LogP contribution is 2.33. The van der Waals surface area contributed by atoms with Crippen molar-refractivity contribution in [3.8, 4) is 23.1 Å². The number of carbonyl (C=O) groups excluding carboxylic acids is 1. The SMILES string of the molecule is COc1ccc(C(=O)NC(=S)Nc2ccc(Oc3ncnc4c3ncn4CC3CC3)cc2)cc1OC. The fourth-order valence-corrected chi connectivity index (χ4v) is 3.89. The highest BCUT2D eigenvalue weighted by Gasteiger charge is 2.23. The van der Waals surface area contributed by atoms with E-state index in [2.05, 4.69) is 25.6 Å². The minimum Gasteiger partial charge on any atom is -0.493 e. The number of imidazole rings is 1. The average Bonchev–Trinajstić information content (AvgIpc) is 3.62. The van der Waals surface area contributed by atoms with Crippen LogP contribution in [0.15, 0.2) is 55.1 Å². The van der Waals surface area contributed by atoms with Crippen molar-refractivity contribution >= 4 is 40.1 Å². The lowest BCUT2D eigenvalue weighted by molar-refractivity contribution is 0.0977. The number of amides is 1. The zero-order valence-electron chi connectivity index (χ0n) is 19.7. The molecule has 0 bridgehead atoms. The molecule has 10 nitrogen and oxygen atoms in total. The van der Waals surface area contributed by atoms with Crippen molar-refractivity contribution in [3.63, 3.8) is 0 Å². The molecule has 1 amide bonds. The van der Waals surface area contributed by atoms with Gasteiger partial charge in [-0.25, -0.2) is 9.97 Å². The second-order valence-corrected chi connectivity index (χ2v) is 8.70. The van der Waals surface area contributed by atoms with Crippen LogP contribution >= 0.6 is 12.2 Å². The average molecular weight is 505 g/mol. The van der Waals surface area contributed by atoms with E-state index < -0.39 is 0 Å². The number of nitrogens with one attached hydrogen (secondary N) is 2. The minimum atomic E-state index is -0.373. The molecule has 2 N–H and O–H groups in total. The standard InChI is InChI=1S/C25H24N6O4S/c1-33-19-10-5-16(11-20(19)34-2)23(32)30-25(36)29-17-6-8-18(9-7-17)35-24-21-22(26-13-27-24)31(14-28-21)12-15-3-4-15/h5-11,13-15H,3-4,12H2,1-2H3,(H2,29,30,32,36). The van der Waals surface area contributed by atoms with Crippen LogP contribution in [-0.4, -0.2) is 44.8 Å². The number of anilines is 1. The van der Waals surface area contributed by atoms with Gasteiger partial charge >= 0.3 is 0 Å². The van der Waals surface area contributed by atoms with E-state index in [0.717, 1.165) is 12.2 Å². The Balaban J connectivity index is 1.21. The number of nitrogens with zero attached hydrogens (tertiary/aromatic N) is 4. The van der Waals surface area contributed by atoms with Gasteiger partial charge in [0.1, 0.15) is 12.1 Å². The van der Waals surface area contributed by atoms with Crippen molar-refractivity contribution in [2.24, 2.45) is 5.92 Å². The predicted octanol–water partition coefficient (Wildman–Crippen LogP) is 4.17. The third-order valence-corrected chi connectivity index (χ3v) is 5.92.